The maximum absolute atomic E-state index is 11.5. The fourth-order valence-corrected chi connectivity index (χ4v) is 1.33. The highest BCUT2D eigenvalue weighted by molar-refractivity contribution is 5.96. The molecule has 1 amide bonds. The zero-order valence-corrected chi connectivity index (χ0v) is 8.16. The highest BCUT2D eigenvalue weighted by Gasteiger charge is 2.23. The van der Waals surface area contributed by atoms with Crippen LogP contribution in [-0.4, -0.2) is 22.2 Å². The average molecular weight is 194 g/mol. The lowest BCUT2D eigenvalue weighted by Crippen LogP contribution is -2.26. The predicted molar refractivity (Wildman–Crippen MR) is 52.7 cm³/mol. The molecule has 1 aliphatic rings. The van der Waals surface area contributed by atoms with Gasteiger partial charge >= 0.3 is 0 Å². The second-order valence-electron chi connectivity index (χ2n) is 3.76. The lowest BCUT2D eigenvalue weighted by molar-refractivity contribution is 0.0947. The number of anilines is 1. The molecule has 5 heteroatoms. The predicted octanol–water partition coefficient (Wildman–Crippen LogP) is 0.142. The summed E-state index contributed by atoms with van der Waals surface area (Å²) in [5.74, 6) is 0.499. The topological polar surface area (TPSA) is 72.9 Å². The summed E-state index contributed by atoms with van der Waals surface area (Å²) in [7, 11) is 1.74. The number of amides is 1. The van der Waals surface area contributed by atoms with Crippen LogP contribution in [0.15, 0.2) is 6.20 Å². The summed E-state index contributed by atoms with van der Waals surface area (Å²) in [6, 6.07) is 0. The normalized spacial score (nSPS) is 15.5. The third-order valence-corrected chi connectivity index (χ3v) is 2.32. The molecule has 0 bridgehead atoms. The van der Waals surface area contributed by atoms with Gasteiger partial charge in [0.15, 0.2) is 5.69 Å². The van der Waals surface area contributed by atoms with Crippen molar-refractivity contribution in [2.24, 2.45) is 13.0 Å². The van der Waals surface area contributed by atoms with Gasteiger partial charge in [-0.1, -0.05) is 0 Å². The van der Waals surface area contributed by atoms with E-state index in [0.29, 0.717) is 17.3 Å². The van der Waals surface area contributed by atoms with Crippen LogP contribution in [0.5, 0.6) is 0 Å². The fraction of sp³-hybridized carbons (Fsp3) is 0.556. The quantitative estimate of drug-likeness (QED) is 0.719. The first kappa shape index (κ1) is 9.05. The van der Waals surface area contributed by atoms with Gasteiger partial charge in [0, 0.05) is 19.8 Å². The number of carbonyl (C=O) groups excluding carboxylic acids is 1. The van der Waals surface area contributed by atoms with E-state index >= 15 is 0 Å². The first-order chi connectivity index (χ1) is 6.66. The summed E-state index contributed by atoms with van der Waals surface area (Å²) in [5.41, 5.74) is 6.38. The van der Waals surface area contributed by atoms with Crippen molar-refractivity contribution in [1.82, 2.24) is 15.1 Å². The van der Waals surface area contributed by atoms with Gasteiger partial charge in [0.05, 0.1) is 5.69 Å². The second-order valence-corrected chi connectivity index (χ2v) is 3.76. The Hall–Kier alpha value is -1.52. The van der Waals surface area contributed by atoms with Crippen molar-refractivity contribution in [2.45, 2.75) is 12.8 Å². The smallest absolute Gasteiger partial charge is 0.273 e. The van der Waals surface area contributed by atoms with Crippen LogP contribution in [-0.2, 0) is 7.05 Å². The molecule has 1 aromatic rings. The number of aromatic nitrogens is 2. The number of carbonyl (C=O) groups is 1. The molecule has 0 spiro atoms. The first-order valence-electron chi connectivity index (χ1n) is 4.74. The van der Waals surface area contributed by atoms with Crippen LogP contribution in [0.3, 0.4) is 0 Å². The monoisotopic (exact) mass is 194 g/mol. The van der Waals surface area contributed by atoms with Crippen molar-refractivity contribution < 1.29 is 4.79 Å². The van der Waals surface area contributed by atoms with Gasteiger partial charge in [-0.05, 0) is 18.8 Å². The number of nitrogens with zero attached hydrogens (tertiary/aromatic N) is 2. The minimum Gasteiger partial charge on any atom is -0.396 e. The maximum atomic E-state index is 11.5. The highest BCUT2D eigenvalue weighted by Crippen LogP contribution is 2.27. The Morgan fingerprint density at radius 1 is 1.79 bits per heavy atom. The fourth-order valence-electron chi connectivity index (χ4n) is 1.33. The molecule has 1 fully saturated rings. The summed E-state index contributed by atoms with van der Waals surface area (Å²) in [6.07, 6.45) is 4.07. The number of nitrogen functional groups attached to an aromatic ring is 1. The van der Waals surface area contributed by atoms with E-state index < -0.39 is 0 Å². The molecule has 1 aliphatic carbocycles. The molecular formula is C9H14N4O. The molecule has 2 rings (SSSR count). The van der Waals surface area contributed by atoms with Crippen molar-refractivity contribution in [3.05, 3.63) is 11.9 Å². The van der Waals surface area contributed by atoms with Crippen molar-refractivity contribution >= 4 is 11.6 Å². The summed E-state index contributed by atoms with van der Waals surface area (Å²) in [5, 5.41) is 6.81. The summed E-state index contributed by atoms with van der Waals surface area (Å²) in [6.45, 7) is 0.745. The van der Waals surface area contributed by atoms with Gasteiger partial charge < -0.3 is 11.1 Å². The van der Waals surface area contributed by atoms with Gasteiger partial charge in [-0.15, -0.1) is 0 Å². The molecule has 0 aliphatic heterocycles. The minimum absolute atomic E-state index is 0.171. The first-order valence-corrected chi connectivity index (χ1v) is 4.74. The molecule has 0 saturated heterocycles. The average Bonchev–Trinajstić information content (AvgIpc) is 2.88. The van der Waals surface area contributed by atoms with Crippen molar-refractivity contribution in [3.8, 4) is 0 Å². The number of hydrogen-bond acceptors (Lipinski definition) is 3. The van der Waals surface area contributed by atoms with Crippen LogP contribution in [0.4, 0.5) is 5.69 Å². The number of rotatable bonds is 3. The van der Waals surface area contributed by atoms with E-state index in [1.54, 1.807) is 17.9 Å². The Kier molecular flexibility index (Phi) is 2.15. The Balaban J connectivity index is 1.98. The molecule has 0 unspecified atom stereocenters. The molecule has 14 heavy (non-hydrogen) atoms. The van der Waals surface area contributed by atoms with Gasteiger partial charge in [-0.3, -0.25) is 9.48 Å². The van der Waals surface area contributed by atoms with Crippen molar-refractivity contribution in [3.63, 3.8) is 0 Å². The third kappa shape index (κ3) is 1.86. The zero-order chi connectivity index (χ0) is 10.1. The Bertz CT molecular complexity index is 354. The van der Waals surface area contributed by atoms with Gasteiger partial charge in [0.25, 0.3) is 5.91 Å². The van der Waals surface area contributed by atoms with Gasteiger partial charge in [-0.2, -0.15) is 5.10 Å². The van der Waals surface area contributed by atoms with Gasteiger partial charge in [0.2, 0.25) is 0 Å². The Morgan fingerprint density at radius 3 is 3.00 bits per heavy atom. The van der Waals surface area contributed by atoms with Gasteiger partial charge in [-0.25, -0.2) is 0 Å². The Morgan fingerprint density at radius 2 is 2.50 bits per heavy atom. The number of nitrogens with one attached hydrogen (secondary N) is 1. The molecule has 0 radical (unpaired) electrons. The van der Waals surface area contributed by atoms with E-state index in [2.05, 4.69) is 10.4 Å². The molecule has 1 saturated carbocycles. The van der Waals surface area contributed by atoms with E-state index in [1.165, 1.54) is 12.8 Å². The van der Waals surface area contributed by atoms with E-state index in [1.807, 2.05) is 0 Å². The van der Waals surface area contributed by atoms with Crippen LogP contribution in [0.1, 0.15) is 23.3 Å². The largest absolute Gasteiger partial charge is 0.396 e. The molecule has 5 nitrogen and oxygen atoms in total. The molecule has 1 heterocycles. The molecule has 76 valence electrons. The molecule has 1 aromatic heterocycles. The molecular weight excluding hydrogens is 180 g/mol. The Labute approximate surface area is 82.3 Å². The summed E-state index contributed by atoms with van der Waals surface area (Å²) in [4.78, 5) is 11.5. The number of hydrogen-bond donors (Lipinski definition) is 2. The number of nitrogens with two attached hydrogens (primary N) is 1. The minimum atomic E-state index is -0.171. The van der Waals surface area contributed by atoms with Gasteiger partial charge in [0.1, 0.15) is 0 Å². The molecule has 0 atom stereocenters. The van der Waals surface area contributed by atoms with E-state index in [9.17, 15) is 4.79 Å². The molecule has 3 N–H and O–H groups in total. The van der Waals surface area contributed by atoms with Crippen LogP contribution in [0.2, 0.25) is 0 Å². The van der Waals surface area contributed by atoms with E-state index in [0.717, 1.165) is 6.54 Å². The lowest BCUT2D eigenvalue weighted by atomic mass is 10.3. The molecule has 0 aromatic carbocycles. The summed E-state index contributed by atoms with van der Waals surface area (Å²) >= 11 is 0. The van der Waals surface area contributed by atoms with Crippen molar-refractivity contribution in [1.29, 1.82) is 0 Å². The zero-order valence-electron chi connectivity index (χ0n) is 8.16. The van der Waals surface area contributed by atoms with Crippen LogP contribution in [0.25, 0.3) is 0 Å². The summed E-state index contributed by atoms with van der Waals surface area (Å²) < 4.78 is 1.54. The third-order valence-electron chi connectivity index (χ3n) is 2.32. The lowest BCUT2D eigenvalue weighted by Gasteiger charge is -2.01. The second kappa shape index (κ2) is 3.32. The van der Waals surface area contributed by atoms with E-state index in [4.69, 9.17) is 5.73 Å². The van der Waals surface area contributed by atoms with Crippen molar-refractivity contribution in [2.75, 3.05) is 12.3 Å². The van der Waals surface area contributed by atoms with Crippen LogP contribution in [0, 0.1) is 5.92 Å². The van der Waals surface area contributed by atoms with E-state index in [-0.39, 0.29) is 5.91 Å². The SMILES string of the molecule is Cn1cc(N)c(C(=O)NCC2CC2)n1. The van der Waals surface area contributed by atoms with Crippen LogP contribution >= 0.6 is 0 Å². The number of aryl methyl sites for hydroxylation is 1. The van der Waals surface area contributed by atoms with Crippen LogP contribution < -0.4 is 11.1 Å². The highest BCUT2D eigenvalue weighted by atomic mass is 16.2. The standard InChI is InChI=1S/C9H14N4O/c1-13-5-7(10)8(12-13)9(14)11-4-6-2-3-6/h5-6H,2-4,10H2,1H3,(H,11,14). The maximum Gasteiger partial charge on any atom is 0.273 e.